The molecule has 5 amide bonds. The lowest BCUT2D eigenvalue weighted by molar-refractivity contribution is -0.142. The number of carboxylic acids is 2. The van der Waals surface area contributed by atoms with Gasteiger partial charge in [0.2, 0.25) is 17.7 Å². The summed E-state index contributed by atoms with van der Waals surface area (Å²) in [5, 5.41) is 30.5. The Morgan fingerprint density at radius 2 is 1.47 bits per heavy atom. The molecule has 0 spiro atoms. The molecular formula is C41H54N8O9. The van der Waals surface area contributed by atoms with Crippen molar-refractivity contribution in [2.24, 2.45) is 11.5 Å². The van der Waals surface area contributed by atoms with Crippen LogP contribution in [0.1, 0.15) is 71.2 Å². The van der Waals surface area contributed by atoms with Gasteiger partial charge in [-0.25, -0.2) is 4.79 Å². The van der Waals surface area contributed by atoms with E-state index in [1.165, 1.54) is 5.56 Å². The first-order valence-electron chi connectivity index (χ1n) is 19.3. The van der Waals surface area contributed by atoms with E-state index in [1.54, 1.807) is 24.3 Å². The van der Waals surface area contributed by atoms with Crippen molar-refractivity contribution < 1.29 is 43.8 Å². The van der Waals surface area contributed by atoms with E-state index in [9.17, 15) is 38.7 Å². The Balaban J connectivity index is 1.39. The molecule has 0 unspecified atom stereocenters. The van der Waals surface area contributed by atoms with Gasteiger partial charge in [0.1, 0.15) is 12.1 Å². The highest BCUT2D eigenvalue weighted by Crippen LogP contribution is 2.35. The van der Waals surface area contributed by atoms with Gasteiger partial charge in [-0.3, -0.25) is 33.7 Å². The van der Waals surface area contributed by atoms with Crippen LogP contribution >= 0.6 is 0 Å². The smallest absolute Gasteiger partial charge is 0.326 e. The molecule has 0 saturated heterocycles. The third-order valence-electron chi connectivity index (χ3n) is 9.91. The maximum absolute atomic E-state index is 13.8. The van der Waals surface area contributed by atoms with Crippen molar-refractivity contribution in [2.45, 2.75) is 75.5 Å². The molecule has 4 atom stereocenters. The summed E-state index contributed by atoms with van der Waals surface area (Å²) in [6.45, 7) is 0.379. The Kier molecular flexibility index (Phi) is 16.7. The molecular weight excluding hydrogens is 748 g/mol. The number of anilines is 1. The van der Waals surface area contributed by atoms with E-state index < -0.39 is 59.6 Å². The zero-order chi connectivity index (χ0) is 42.4. The monoisotopic (exact) mass is 802 g/mol. The number of nitrogens with zero attached hydrogens (tertiary/aromatic N) is 2. The SMILES string of the molecule is CN(C)c1ccc2c3c(cccc13)C(=O)N(CC[C@@H](NC(=O)[C@@H](N)CCNC[C@@H](N)CCc1ccccc1)C(=O)NCC[C@@H](NC(=O)CCCC(=O)O)C(=O)O)C2=O. The molecule has 312 valence electrons. The Morgan fingerprint density at radius 1 is 0.759 bits per heavy atom. The van der Waals surface area contributed by atoms with Gasteiger partial charge in [-0.05, 0) is 68.8 Å². The van der Waals surface area contributed by atoms with Gasteiger partial charge in [-0.1, -0.05) is 42.5 Å². The Labute approximate surface area is 336 Å². The Bertz CT molecular complexity index is 1940. The lowest BCUT2D eigenvalue weighted by Gasteiger charge is -2.30. The molecule has 0 aliphatic carbocycles. The molecule has 3 aromatic carbocycles. The molecule has 1 heterocycles. The average molecular weight is 803 g/mol. The van der Waals surface area contributed by atoms with Crippen molar-refractivity contribution >= 4 is 57.9 Å². The summed E-state index contributed by atoms with van der Waals surface area (Å²) in [5.74, 6) is -5.61. The number of carboxylic acid groups (broad SMARTS) is 2. The molecule has 1 aliphatic rings. The number of nitrogens with two attached hydrogens (primary N) is 2. The third kappa shape index (κ3) is 12.5. The second kappa shape index (κ2) is 21.6. The molecule has 10 N–H and O–H groups in total. The van der Waals surface area contributed by atoms with Gasteiger partial charge in [-0.15, -0.1) is 0 Å². The van der Waals surface area contributed by atoms with E-state index in [4.69, 9.17) is 16.6 Å². The summed E-state index contributed by atoms with van der Waals surface area (Å²) in [4.78, 5) is 92.2. The van der Waals surface area contributed by atoms with Crippen LogP contribution in [0.2, 0.25) is 0 Å². The van der Waals surface area contributed by atoms with Gasteiger partial charge >= 0.3 is 11.9 Å². The van der Waals surface area contributed by atoms with Gasteiger partial charge < -0.3 is 47.8 Å². The fourth-order valence-electron chi connectivity index (χ4n) is 6.69. The summed E-state index contributed by atoms with van der Waals surface area (Å²) in [6, 6.07) is 14.8. The number of rotatable bonds is 24. The zero-order valence-electron chi connectivity index (χ0n) is 32.9. The predicted octanol–water partition coefficient (Wildman–Crippen LogP) is 0.974. The van der Waals surface area contributed by atoms with Gasteiger partial charge in [0.25, 0.3) is 11.8 Å². The van der Waals surface area contributed by atoms with E-state index in [-0.39, 0.29) is 57.7 Å². The molecule has 4 rings (SSSR count). The molecule has 1 aliphatic heterocycles. The number of carbonyl (C=O) groups is 7. The van der Waals surface area contributed by atoms with Crippen molar-refractivity contribution in [3.63, 3.8) is 0 Å². The fraction of sp³-hybridized carbons (Fsp3) is 0.439. The summed E-state index contributed by atoms with van der Waals surface area (Å²) in [6.07, 6.45) is 0.923. The van der Waals surface area contributed by atoms with Crippen LogP contribution in [-0.2, 0) is 30.4 Å². The lowest BCUT2D eigenvalue weighted by Crippen LogP contribution is -2.54. The molecule has 0 aromatic heterocycles. The first-order chi connectivity index (χ1) is 27.7. The van der Waals surface area contributed by atoms with Crippen LogP contribution in [0.5, 0.6) is 0 Å². The molecule has 0 bridgehead atoms. The number of benzene rings is 3. The van der Waals surface area contributed by atoms with E-state index in [0.717, 1.165) is 28.8 Å². The van der Waals surface area contributed by atoms with Crippen LogP contribution in [0.15, 0.2) is 60.7 Å². The third-order valence-corrected chi connectivity index (χ3v) is 9.91. The molecule has 3 aromatic rings. The van der Waals surface area contributed by atoms with E-state index >= 15 is 0 Å². The molecule has 17 heteroatoms. The number of hydrogen-bond acceptors (Lipinski definition) is 11. The minimum atomic E-state index is -1.39. The lowest BCUT2D eigenvalue weighted by atomic mass is 9.92. The number of nitrogens with one attached hydrogen (secondary N) is 4. The van der Waals surface area contributed by atoms with Crippen molar-refractivity contribution in [2.75, 3.05) is 45.2 Å². The number of aryl methyl sites for hydroxylation is 1. The van der Waals surface area contributed by atoms with Gasteiger partial charge in [-0.2, -0.15) is 0 Å². The Hall–Kier alpha value is -5.91. The quantitative estimate of drug-likeness (QED) is 0.0464. The van der Waals surface area contributed by atoms with Crippen molar-refractivity contribution in [1.29, 1.82) is 0 Å². The normalized spacial score (nSPS) is 14.3. The van der Waals surface area contributed by atoms with E-state index in [1.807, 2.05) is 55.4 Å². The van der Waals surface area contributed by atoms with E-state index in [2.05, 4.69) is 21.3 Å². The zero-order valence-corrected chi connectivity index (χ0v) is 32.9. The Morgan fingerprint density at radius 3 is 2.14 bits per heavy atom. The standard InChI is InChI=1S/C41H54N8O9/c1-48(2)33-17-16-29-36-27(33)10-6-11-28(36)39(55)49(40(29)56)23-20-31(38(54)45-22-19-32(41(57)58)46-34(50)12-7-13-35(51)52)47-37(53)30(43)18-21-44-24-26(42)15-14-25-8-4-3-5-9-25/h3-6,8-11,16-17,26,30-32,44H,7,12-15,18-24,42-43H2,1-2H3,(H,45,54)(H,46,50)(H,47,53)(H,51,52)(H,57,58)/t26-,30-,31+,32+/m0/s1. The molecule has 0 saturated carbocycles. The summed E-state index contributed by atoms with van der Waals surface area (Å²) in [5.41, 5.74) is 15.1. The second-order valence-corrected chi connectivity index (χ2v) is 14.5. The summed E-state index contributed by atoms with van der Waals surface area (Å²) < 4.78 is 0. The number of carbonyl (C=O) groups excluding carboxylic acids is 5. The van der Waals surface area contributed by atoms with Crippen LogP contribution in [0.4, 0.5) is 5.69 Å². The average Bonchev–Trinajstić information content (AvgIpc) is 3.19. The molecule has 0 fully saturated rings. The first kappa shape index (κ1) is 44.8. The minimum absolute atomic E-state index is 0.0198. The maximum Gasteiger partial charge on any atom is 0.326 e. The number of imide groups is 1. The molecule has 17 nitrogen and oxygen atoms in total. The fourth-order valence-corrected chi connectivity index (χ4v) is 6.69. The molecule has 0 radical (unpaired) electrons. The van der Waals surface area contributed by atoms with Gasteiger partial charge in [0.05, 0.1) is 6.04 Å². The van der Waals surface area contributed by atoms with Crippen molar-refractivity contribution in [3.05, 3.63) is 77.4 Å². The van der Waals surface area contributed by atoms with Crippen molar-refractivity contribution in [3.8, 4) is 0 Å². The van der Waals surface area contributed by atoms with Crippen LogP contribution < -0.4 is 37.6 Å². The van der Waals surface area contributed by atoms with Crippen molar-refractivity contribution in [1.82, 2.24) is 26.2 Å². The molecule has 58 heavy (non-hydrogen) atoms. The van der Waals surface area contributed by atoms with Gasteiger partial charge in [0, 0.05) is 80.2 Å². The highest BCUT2D eigenvalue weighted by atomic mass is 16.4. The van der Waals surface area contributed by atoms with Gasteiger partial charge in [0.15, 0.2) is 0 Å². The maximum atomic E-state index is 13.8. The number of aliphatic carboxylic acids is 2. The van der Waals surface area contributed by atoms with Crippen LogP contribution in [0.25, 0.3) is 10.8 Å². The number of amides is 5. The first-order valence-corrected chi connectivity index (χ1v) is 19.3. The van der Waals surface area contributed by atoms with E-state index in [0.29, 0.717) is 29.6 Å². The van der Waals surface area contributed by atoms with Crippen LogP contribution in [0, 0.1) is 0 Å². The summed E-state index contributed by atoms with van der Waals surface area (Å²) in [7, 11) is 3.72. The largest absolute Gasteiger partial charge is 0.481 e. The predicted molar refractivity (Wildman–Crippen MR) is 217 cm³/mol. The van der Waals surface area contributed by atoms with Crippen LogP contribution in [-0.4, -0.2) is 121 Å². The topological polar surface area (TPSA) is 267 Å². The highest BCUT2D eigenvalue weighted by molar-refractivity contribution is 6.26. The summed E-state index contributed by atoms with van der Waals surface area (Å²) >= 11 is 0. The van der Waals surface area contributed by atoms with Crippen LogP contribution in [0.3, 0.4) is 0 Å². The minimum Gasteiger partial charge on any atom is -0.481 e. The second-order valence-electron chi connectivity index (χ2n) is 14.5. The highest BCUT2D eigenvalue weighted by Gasteiger charge is 2.35. The number of hydrogen-bond donors (Lipinski definition) is 8.